The lowest BCUT2D eigenvalue weighted by Gasteiger charge is -2.22. The average Bonchev–Trinajstić information content (AvgIpc) is 3.61. The van der Waals surface area contributed by atoms with Crippen LogP contribution in [0.1, 0.15) is 28.9 Å². The Morgan fingerprint density at radius 2 is 2.03 bits per heavy atom. The van der Waals surface area contributed by atoms with Gasteiger partial charge in [0.25, 0.3) is 0 Å². The fourth-order valence-corrected chi connectivity index (χ4v) is 4.20. The predicted molar refractivity (Wildman–Crippen MR) is 132 cm³/mol. The number of anilines is 2. The first-order chi connectivity index (χ1) is 17.2. The lowest BCUT2D eigenvalue weighted by atomic mass is 10.0. The number of nitrogens with one attached hydrogen (secondary N) is 5. The van der Waals surface area contributed by atoms with Gasteiger partial charge in [0.2, 0.25) is 0 Å². The molecule has 5 rings (SSSR count). The highest BCUT2D eigenvalue weighted by Gasteiger charge is 2.23. The van der Waals surface area contributed by atoms with Crippen LogP contribution in [0.2, 0.25) is 5.02 Å². The number of aliphatic hydroxyl groups excluding tert-OH is 1. The van der Waals surface area contributed by atoms with Crippen LogP contribution in [0.15, 0.2) is 77.6 Å². The molecule has 0 spiro atoms. The van der Waals surface area contributed by atoms with Crippen molar-refractivity contribution in [1.82, 2.24) is 26.4 Å². The number of rotatable bonds is 8. The quantitative estimate of drug-likeness (QED) is 0.218. The maximum atomic E-state index is 10.1. The molecule has 11 heteroatoms. The maximum absolute atomic E-state index is 10.1. The van der Waals surface area contributed by atoms with Crippen LogP contribution >= 0.6 is 11.6 Å². The second-order valence-corrected chi connectivity index (χ2v) is 8.19. The number of nitriles is 1. The van der Waals surface area contributed by atoms with Gasteiger partial charge in [-0.05, 0) is 17.7 Å². The second-order valence-electron chi connectivity index (χ2n) is 7.79. The van der Waals surface area contributed by atoms with E-state index in [1.807, 2.05) is 36.4 Å². The van der Waals surface area contributed by atoms with Gasteiger partial charge < -0.3 is 31.0 Å². The zero-order valence-corrected chi connectivity index (χ0v) is 19.0. The van der Waals surface area contributed by atoms with Gasteiger partial charge in [-0.2, -0.15) is 10.8 Å². The van der Waals surface area contributed by atoms with E-state index < -0.39 is 6.04 Å². The van der Waals surface area contributed by atoms with E-state index in [1.165, 1.54) is 12.6 Å². The van der Waals surface area contributed by atoms with Crippen LogP contribution in [0.3, 0.4) is 0 Å². The molecular weight excluding hydrogens is 468 g/mol. The molecule has 4 aromatic rings. The van der Waals surface area contributed by atoms with E-state index in [-0.39, 0.29) is 12.6 Å². The molecule has 1 aliphatic rings. The van der Waals surface area contributed by atoms with Crippen molar-refractivity contribution >= 4 is 33.9 Å². The monoisotopic (exact) mass is 488 g/mol. The van der Waals surface area contributed by atoms with Crippen molar-refractivity contribution in [2.75, 3.05) is 17.2 Å². The molecule has 35 heavy (non-hydrogen) atoms. The third-order valence-corrected chi connectivity index (χ3v) is 5.91. The summed E-state index contributed by atoms with van der Waals surface area (Å²) < 4.78 is 5.18. The van der Waals surface area contributed by atoms with E-state index >= 15 is 0 Å². The molecule has 0 radical (unpaired) electrons. The molecule has 0 fully saturated rings. The van der Waals surface area contributed by atoms with Crippen molar-refractivity contribution < 1.29 is 9.52 Å². The average molecular weight is 489 g/mol. The number of hydrogen-bond acceptors (Lipinski definition) is 10. The third-order valence-electron chi connectivity index (χ3n) is 5.62. The Morgan fingerprint density at radius 3 is 2.71 bits per heavy atom. The normalized spacial score (nSPS) is 14.4. The van der Waals surface area contributed by atoms with Gasteiger partial charge in [-0.15, -0.1) is 0 Å². The van der Waals surface area contributed by atoms with Gasteiger partial charge in [0.15, 0.2) is 6.39 Å². The minimum atomic E-state index is -0.433. The van der Waals surface area contributed by atoms with Crippen LogP contribution < -0.4 is 27.0 Å². The van der Waals surface area contributed by atoms with Crippen LogP contribution in [0.5, 0.6) is 0 Å². The lowest BCUT2D eigenvalue weighted by molar-refractivity contribution is 0.276. The molecule has 0 aliphatic carbocycles. The largest absolute Gasteiger partial charge is 0.451 e. The molecule has 10 nitrogen and oxygen atoms in total. The Hall–Kier alpha value is -4.30. The Labute approximate surface area is 205 Å². The van der Waals surface area contributed by atoms with Crippen molar-refractivity contribution in [3.63, 3.8) is 0 Å². The number of hydrazine groups is 2. The molecule has 1 aliphatic heterocycles. The highest BCUT2D eigenvalue weighted by molar-refractivity contribution is 6.35. The number of halogens is 1. The number of nitrogens with zero attached hydrogens (tertiary/aromatic N) is 3. The predicted octanol–water partition coefficient (Wildman–Crippen LogP) is 3.50. The molecule has 3 heterocycles. The van der Waals surface area contributed by atoms with Gasteiger partial charge in [-0.3, -0.25) is 4.98 Å². The molecule has 0 bridgehead atoms. The number of fused-ring (bicyclic) bond motifs is 1. The highest BCUT2D eigenvalue weighted by atomic mass is 35.5. The summed E-state index contributed by atoms with van der Waals surface area (Å²) in [7, 11) is 0. The number of pyridine rings is 1. The van der Waals surface area contributed by atoms with E-state index in [9.17, 15) is 10.4 Å². The summed E-state index contributed by atoms with van der Waals surface area (Å²) in [6, 6.07) is 14.5. The topological polar surface area (TPSA) is 143 Å². The van der Waals surface area contributed by atoms with Gasteiger partial charge >= 0.3 is 0 Å². The Balaban J connectivity index is 1.58. The van der Waals surface area contributed by atoms with Crippen LogP contribution in [-0.2, 0) is 0 Å². The zero-order chi connectivity index (χ0) is 24.2. The zero-order valence-electron chi connectivity index (χ0n) is 18.3. The Kier molecular flexibility index (Phi) is 6.36. The minimum absolute atomic E-state index is 0.168. The second kappa shape index (κ2) is 9.90. The van der Waals surface area contributed by atoms with E-state index in [0.29, 0.717) is 38.6 Å². The number of aliphatic hydroxyl groups is 1. The third kappa shape index (κ3) is 4.56. The van der Waals surface area contributed by atoms with Crippen LogP contribution in [0.4, 0.5) is 11.4 Å². The molecule has 0 saturated carbocycles. The summed E-state index contributed by atoms with van der Waals surface area (Å²) >= 11 is 6.63. The summed E-state index contributed by atoms with van der Waals surface area (Å²) in [5.41, 5.74) is 13.1. The molecule has 2 atom stereocenters. The van der Waals surface area contributed by atoms with Gasteiger partial charge in [0.1, 0.15) is 24.1 Å². The SMILES string of the molecule is N#Cc1cnc2c(Cl)cc(N[C@H](C3=CNNN3)c3cocn3)cc2c1N[C@@H](CO)c1ccccc1. The molecule has 2 aromatic heterocycles. The fourth-order valence-electron chi connectivity index (χ4n) is 3.93. The van der Waals surface area contributed by atoms with Crippen LogP contribution in [-0.4, -0.2) is 21.7 Å². The summed E-state index contributed by atoms with van der Waals surface area (Å²) in [4.78, 5) is 8.69. The summed E-state index contributed by atoms with van der Waals surface area (Å²) in [6.07, 6.45) is 6.15. The number of hydrogen-bond donors (Lipinski definition) is 6. The first-order valence-corrected chi connectivity index (χ1v) is 11.1. The first-order valence-electron chi connectivity index (χ1n) is 10.7. The smallest absolute Gasteiger partial charge is 0.180 e. The Bertz CT molecular complexity index is 1400. The Morgan fingerprint density at radius 1 is 1.17 bits per heavy atom. The van der Waals surface area contributed by atoms with Crippen molar-refractivity contribution in [2.24, 2.45) is 0 Å². The maximum Gasteiger partial charge on any atom is 0.180 e. The number of aromatic nitrogens is 2. The molecule has 0 amide bonds. The summed E-state index contributed by atoms with van der Waals surface area (Å²) in [6.45, 7) is -0.168. The van der Waals surface area contributed by atoms with Crippen molar-refractivity contribution in [3.05, 3.63) is 95.1 Å². The standard InChI is InChI=1S/C24H21ClN8O2/c25-18-7-16(30-24(19-10-29-33-32-19)21-12-35-13-28-21)6-17-22(15(8-26)9-27-23(17)18)31-20(11-34)14-4-2-1-3-5-14/h1-7,9-10,12-13,20,24,29-30,32-34H,11H2,(H,27,31)/t20-,24+/m0/s1. The molecule has 0 unspecified atom stereocenters. The van der Waals surface area contributed by atoms with Crippen LogP contribution in [0.25, 0.3) is 10.9 Å². The summed E-state index contributed by atoms with van der Waals surface area (Å²) in [5.74, 6) is 0. The fraction of sp³-hybridized carbons (Fsp3) is 0.125. The van der Waals surface area contributed by atoms with E-state index in [1.54, 1.807) is 18.5 Å². The number of oxazole rings is 1. The molecule has 176 valence electrons. The van der Waals surface area contributed by atoms with E-state index in [2.05, 4.69) is 43.1 Å². The number of benzene rings is 2. The van der Waals surface area contributed by atoms with E-state index in [0.717, 1.165) is 11.3 Å². The van der Waals surface area contributed by atoms with Crippen LogP contribution in [0, 0.1) is 11.3 Å². The lowest BCUT2D eigenvalue weighted by Crippen LogP contribution is -2.34. The van der Waals surface area contributed by atoms with Gasteiger partial charge in [-0.1, -0.05) is 41.9 Å². The van der Waals surface area contributed by atoms with Gasteiger partial charge in [-0.25, -0.2) is 4.98 Å². The molecular formula is C24H21ClN8O2. The first kappa shape index (κ1) is 22.5. The molecule has 6 N–H and O–H groups in total. The van der Waals surface area contributed by atoms with Crippen molar-refractivity contribution in [1.29, 1.82) is 5.26 Å². The minimum Gasteiger partial charge on any atom is -0.451 e. The highest BCUT2D eigenvalue weighted by Crippen LogP contribution is 2.36. The van der Waals surface area contributed by atoms with Gasteiger partial charge in [0, 0.05) is 23.5 Å². The van der Waals surface area contributed by atoms with E-state index in [4.69, 9.17) is 16.0 Å². The summed E-state index contributed by atoms with van der Waals surface area (Å²) in [5, 5.41) is 27.7. The van der Waals surface area contributed by atoms with Gasteiger partial charge in [0.05, 0.1) is 40.1 Å². The van der Waals surface area contributed by atoms with Crippen molar-refractivity contribution in [2.45, 2.75) is 12.1 Å². The molecule has 2 aromatic carbocycles. The molecule has 0 saturated heterocycles. The van der Waals surface area contributed by atoms with Crippen molar-refractivity contribution in [3.8, 4) is 6.07 Å².